The molecule has 0 amide bonds. The molecule has 0 fully saturated rings. The second-order valence-electron chi connectivity index (χ2n) is 12.4. The van der Waals surface area contributed by atoms with Crippen molar-refractivity contribution in [3.63, 3.8) is 0 Å². The zero-order valence-electron chi connectivity index (χ0n) is 24.4. The van der Waals surface area contributed by atoms with Crippen LogP contribution in [-0.4, -0.2) is 9.13 Å². The predicted molar refractivity (Wildman–Crippen MR) is 168 cm³/mol. The third-order valence-corrected chi connectivity index (χ3v) is 8.19. The maximum absolute atomic E-state index is 8.18. The van der Waals surface area contributed by atoms with Crippen LogP contribution in [0.15, 0.2) is 83.5 Å². The van der Waals surface area contributed by atoms with E-state index in [0.717, 1.165) is 67.2 Å². The lowest BCUT2D eigenvalue weighted by atomic mass is 9.85. The van der Waals surface area contributed by atoms with E-state index in [1.807, 2.05) is 6.07 Å². The Morgan fingerprint density at radius 1 is 0.902 bits per heavy atom. The Morgan fingerprint density at radius 2 is 1.56 bits per heavy atom. The van der Waals surface area contributed by atoms with Gasteiger partial charge in [0.15, 0.2) is 5.58 Å². The molecule has 7 rings (SSSR count). The summed E-state index contributed by atoms with van der Waals surface area (Å²) >= 11 is 0. The summed E-state index contributed by atoms with van der Waals surface area (Å²) in [6.07, 6.45) is 5.06. The highest BCUT2D eigenvalue weighted by atomic mass is 16.3. The number of benzene rings is 4. The quantitative estimate of drug-likeness (QED) is 0.163. The first-order valence-electron chi connectivity index (χ1n) is 14.1. The SMILES string of the molecule is [C-]#[N+]c1ccc2c(oc3c(-c4n(C)cc[n+]4C)c(C)cc(CC(C)(C)C)c32)c1-n1c2ccccc2c2ccccc21. The third kappa shape index (κ3) is 3.71. The van der Waals surface area contributed by atoms with Crippen LogP contribution in [0.2, 0.25) is 0 Å². The summed E-state index contributed by atoms with van der Waals surface area (Å²) in [4.78, 5) is 4.02. The molecule has 5 nitrogen and oxygen atoms in total. The van der Waals surface area contributed by atoms with E-state index < -0.39 is 0 Å². The van der Waals surface area contributed by atoms with Crippen molar-refractivity contribution in [1.29, 1.82) is 0 Å². The number of para-hydroxylation sites is 2. The van der Waals surface area contributed by atoms with Gasteiger partial charge in [0.2, 0.25) is 5.69 Å². The van der Waals surface area contributed by atoms with Gasteiger partial charge < -0.3 is 8.98 Å². The lowest BCUT2D eigenvalue weighted by Gasteiger charge is -2.20. The fourth-order valence-corrected chi connectivity index (χ4v) is 6.62. The normalized spacial score (nSPS) is 12.2. The van der Waals surface area contributed by atoms with Gasteiger partial charge in [0, 0.05) is 21.5 Å². The predicted octanol–water partition coefficient (Wildman–Crippen LogP) is 8.96. The van der Waals surface area contributed by atoms with E-state index in [-0.39, 0.29) is 5.41 Å². The van der Waals surface area contributed by atoms with Crippen LogP contribution in [-0.2, 0) is 20.5 Å². The number of aromatic nitrogens is 3. The molecule has 7 aromatic rings. The van der Waals surface area contributed by atoms with Gasteiger partial charge in [0.25, 0.3) is 5.82 Å². The van der Waals surface area contributed by atoms with Gasteiger partial charge in [-0.05, 0) is 42.0 Å². The lowest BCUT2D eigenvalue weighted by Crippen LogP contribution is -2.29. The molecule has 0 aliphatic carbocycles. The van der Waals surface area contributed by atoms with Gasteiger partial charge in [-0.3, -0.25) is 0 Å². The Morgan fingerprint density at radius 3 is 2.15 bits per heavy atom. The van der Waals surface area contributed by atoms with E-state index in [9.17, 15) is 0 Å². The van der Waals surface area contributed by atoms with Crippen molar-refractivity contribution in [2.24, 2.45) is 19.5 Å². The Balaban J connectivity index is 1.70. The van der Waals surface area contributed by atoms with Gasteiger partial charge in [-0.25, -0.2) is 14.0 Å². The standard InChI is InChI=1S/C36H33N4O/c1-22-20-23(21-36(2,3)4)31-26-16-17-27(37-5)32(33(26)41-34(31)30(22)35-38(6)18-19-39(35)7)40-28-14-10-8-12-24(28)25-13-9-11-15-29(25)40/h8-20H,21H2,1-4,6-7H3/q+1. The molecule has 0 spiro atoms. The number of rotatable bonds is 3. The number of fused-ring (bicyclic) bond motifs is 6. The molecule has 3 aromatic heterocycles. The van der Waals surface area contributed by atoms with E-state index in [1.165, 1.54) is 11.1 Å². The number of aryl methyl sites for hydroxylation is 3. The van der Waals surface area contributed by atoms with Crippen LogP contribution in [0.4, 0.5) is 5.69 Å². The van der Waals surface area contributed by atoms with E-state index in [2.05, 4.69) is 133 Å². The highest BCUT2D eigenvalue weighted by Gasteiger charge is 2.29. The Kier molecular flexibility index (Phi) is 5.43. The molecule has 0 radical (unpaired) electrons. The van der Waals surface area contributed by atoms with E-state index in [1.54, 1.807) is 0 Å². The molecule has 0 saturated carbocycles. The maximum Gasteiger partial charge on any atom is 0.292 e. The van der Waals surface area contributed by atoms with Crippen LogP contribution in [0.3, 0.4) is 0 Å². The highest BCUT2D eigenvalue weighted by Crippen LogP contribution is 2.46. The molecule has 0 bridgehead atoms. The summed E-state index contributed by atoms with van der Waals surface area (Å²) in [6, 6.07) is 23.2. The van der Waals surface area contributed by atoms with Crippen molar-refractivity contribution in [3.05, 3.63) is 102 Å². The summed E-state index contributed by atoms with van der Waals surface area (Å²) in [5, 5.41) is 4.50. The van der Waals surface area contributed by atoms with Crippen molar-refractivity contribution in [1.82, 2.24) is 9.13 Å². The number of hydrogen-bond donors (Lipinski definition) is 0. The number of imidazole rings is 1. The molecule has 0 N–H and O–H groups in total. The zero-order chi connectivity index (χ0) is 28.6. The number of hydrogen-bond acceptors (Lipinski definition) is 1. The van der Waals surface area contributed by atoms with E-state index >= 15 is 0 Å². The van der Waals surface area contributed by atoms with Crippen molar-refractivity contribution in [2.75, 3.05) is 0 Å². The minimum Gasteiger partial charge on any atom is -0.454 e. The monoisotopic (exact) mass is 537 g/mol. The van der Waals surface area contributed by atoms with Gasteiger partial charge in [-0.2, -0.15) is 0 Å². The Hall–Kier alpha value is -4.82. The molecule has 4 aromatic carbocycles. The van der Waals surface area contributed by atoms with E-state index in [0.29, 0.717) is 5.69 Å². The smallest absolute Gasteiger partial charge is 0.292 e. The van der Waals surface area contributed by atoms with Gasteiger partial charge in [-0.1, -0.05) is 75.4 Å². The number of nitrogens with zero attached hydrogens (tertiary/aromatic N) is 4. The summed E-state index contributed by atoms with van der Waals surface area (Å²) in [5.74, 6) is 1.08. The van der Waals surface area contributed by atoms with Gasteiger partial charge in [-0.15, -0.1) is 0 Å². The van der Waals surface area contributed by atoms with Gasteiger partial charge >= 0.3 is 0 Å². The van der Waals surface area contributed by atoms with Crippen LogP contribution in [0.25, 0.3) is 65.7 Å². The van der Waals surface area contributed by atoms with Crippen molar-refractivity contribution in [2.45, 2.75) is 34.1 Å². The molecule has 3 heterocycles. The van der Waals surface area contributed by atoms with E-state index in [4.69, 9.17) is 11.0 Å². The minimum atomic E-state index is 0.0895. The molecule has 5 heteroatoms. The molecule has 0 saturated heterocycles. The first-order valence-corrected chi connectivity index (χ1v) is 14.1. The van der Waals surface area contributed by atoms with Crippen molar-refractivity contribution < 1.29 is 8.98 Å². The lowest BCUT2D eigenvalue weighted by molar-refractivity contribution is -0.659. The topological polar surface area (TPSA) is 31.2 Å². The number of furan rings is 1. The molecular weight excluding hydrogens is 504 g/mol. The van der Waals surface area contributed by atoms with Crippen molar-refractivity contribution in [3.8, 4) is 17.1 Å². The summed E-state index contributed by atoms with van der Waals surface area (Å²) < 4.78 is 13.6. The first kappa shape index (κ1) is 25.2. The zero-order valence-corrected chi connectivity index (χ0v) is 24.4. The largest absolute Gasteiger partial charge is 0.454 e. The highest BCUT2D eigenvalue weighted by molar-refractivity contribution is 6.17. The molecule has 0 unspecified atom stereocenters. The average molecular weight is 538 g/mol. The molecule has 0 atom stereocenters. The van der Waals surface area contributed by atoms with Crippen molar-refractivity contribution >= 4 is 49.4 Å². The fraction of sp³-hybridized carbons (Fsp3) is 0.222. The van der Waals surface area contributed by atoms with Crippen LogP contribution in [0.1, 0.15) is 31.9 Å². The second-order valence-corrected chi connectivity index (χ2v) is 12.4. The summed E-state index contributed by atoms with van der Waals surface area (Å²) in [6.45, 7) is 17.2. The second kappa shape index (κ2) is 8.84. The third-order valence-electron chi connectivity index (χ3n) is 8.19. The average Bonchev–Trinajstić information content (AvgIpc) is 3.59. The molecule has 202 valence electrons. The van der Waals surface area contributed by atoms with Crippen LogP contribution >= 0.6 is 0 Å². The molecule has 0 aliphatic heterocycles. The Bertz CT molecular complexity index is 2140. The summed E-state index contributed by atoms with van der Waals surface area (Å²) in [5.41, 5.74) is 8.74. The van der Waals surface area contributed by atoms with Crippen LogP contribution < -0.4 is 4.57 Å². The van der Waals surface area contributed by atoms with Gasteiger partial charge in [0.1, 0.15) is 23.5 Å². The molecule has 41 heavy (non-hydrogen) atoms. The fourth-order valence-electron chi connectivity index (χ4n) is 6.62. The Labute approximate surface area is 239 Å². The first-order chi connectivity index (χ1) is 19.7. The minimum absolute atomic E-state index is 0.0895. The summed E-state index contributed by atoms with van der Waals surface area (Å²) in [7, 11) is 4.15. The molecular formula is C36H33N4O+. The molecule has 0 aliphatic rings. The van der Waals surface area contributed by atoms with Crippen LogP contribution in [0, 0.1) is 18.9 Å². The van der Waals surface area contributed by atoms with Crippen LogP contribution in [0.5, 0.6) is 0 Å². The maximum atomic E-state index is 8.18. The van der Waals surface area contributed by atoms with Gasteiger partial charge in [0.05, 0.1) is 37.4 Å².